The van der Waals surface area contributed by atoms with Crippen molar-refractivity contribution in [1.29, 1.82) is 0 Å². The zero-order valence-corrected chi connectivity index (χ0v) is 19.7. The van der Waals surface area contributed by atoms with Crippen molar-refractivity contribution in [2.75, 3.05) is 0 Å². The molecule has 1 fully saturated rings. The molecular formula is C24H22BrN3OS. The molecule has 0 unspecified atom stereocenters. The third-order valence-corrected chi connectivity index (χ3v) is 7.23. The molecule has 1 aromatic heterocycles. The number of rotatable bonds is 3. The first kappa shape index (κ1) is 20.7. The highest BCUT2D eigenvalue weighted by Gasteiger charge is 2.24. The number of para-hydroxylation sites is 1. The maximum Gasteiger partial charge on any atom is 0.264 e. The van der Waals surface area contributed by atoms with Crippen LogP contribution in [0.25, 0.3) is 11.8 Å². The van der Waals surface area contributed by atoms with E-state index in [0.717, 1.165) is 43.9 Å². The lowest BCUT2D eigenvalue weighted by atomic mass is 10.1. The van der Waals surface area contributed by atoms with Crippen LogP contribution in [-0.2, 0) is 4.79 Å². The number of halogens is 1. The Morgan fingerprint density at radius 2 is 1.70 bits per heavy atom. The van der Waals surface area contributed by atoms with E-state index in [1.807, 2.05) is 50.3 Å². The molecule has 1 aliphatic heterocycles. The maximum absolute atomic E-state index is 12.5. The number of carbonyl (C=O) groups excluding carboxylic acids is 1. The molecule has 2 aromatic carbocycles. The standard InChI is InChI=1S/C24H22BrN3OS/c1-14-10-19(11-15(2)22(14)25)26-24-27-23(29)21(30-24)13-18-12-16(3)28(17(18)4)20-8-6-5-7-9-20/h5-13H,1-4H3,(H,26,27,29)/b21-13+. The molecule has 0 aliphatic carbocycles. The fraction of sp³-hybridized carbons (Fsp3) is 0.167. The zero-order chi connectivity index (χ0) is 21.4. The van der Waals surface area contributed by atoms with Crippen molar-refractivity contribution in [1.82, 2.24) is 9.88 Å². The average Bonchev–Trinajstić information content (AvgIpc) is 3.19. The van der Waals surface area contributed by atoms with Crippen LogP contribution in [0.3, 0.4) is 0 Å². The van der Waals surface area contributed by atoms with Crippen molar-refractivity contribution >= 4 is 50.5 Å². The van der Waals surface area contributed by atoms with Crippen LogP contribution in [0.5, 0.6) is 0 Å². The Hall–Kier alpha value is -2.57. The van der Waals surface area contributed by atoms with E-state index in [1.165, 1.54) is 11.8 Å². The van der Waals surface area contributed by atoms with E-state index in [9.17, 15) is 4.79 Å². The predicted octanol–water partition coefficient (Wildman–Crippen LogP) is 6.37. The van der Waals surface area contributed by atoms with Gasteiger partial charge >= 0.3 is 0 Å². The molecule has 152 valence electrons. The van der Waals surface area contributed by atoms with Crippen LogP contribution in [0.15, 0.2) is 62.9 Å². The van der Waals surface area contributed by atoms with Crippen LogP contribution >= 0.6 is 27.7 Å². The lowest BCUT2D eigenvalue weighted by molar-refractivity contribution is -0.115. The monoisotopic (exact) mass is 479 g/mol. The Bertz CT molecular complexity index is 1190. The summed E-state index contributed by atoms with van der Waals surface area (Å²) in [5.74, 6) is -0.117. The molecule has 4 nitrogen and oxygen atoms in total. The number of amides is 1. The third kappa shape index (κ3) is 4.02. The van der Waals surface area contributed by atoms with Gasteiger partial charge < -0.3 is 9.88 Å². The smallest absolute Gasteiger partial charge is 0.264 e. The minimum atomic E-state index is -0.117. The first-order valence-electron chi connectivity index (χ1n) is 9.64. The van der Waals surface area contributed by atoms with E-state index in [1.54, 1.807) is 0 Å². The Balaban J connectivity index is 1.64. The number of thioether (sulfide) groups is 1. The Morgan fingerprint density at radius 3 is 2.37 bits per heavy atom. The molecule has 2 heterocycles. The topological polar surface area (TPSA) is 46.4 Å². The Morgan fingerprint density at radius 1 is 1.03 bits per heavy atom. The minimum absolute atomic E-state index is 0.117. The molecule has 1 N–H and O–H groups in total. The number of amidine groups is 1. The van der Waals surface area contributed by atoms with Gasteiger partial charge in [0.15, 0.2) is 5.17 Å². The first-order valence-corrected chi connectivity index (χ1v) is 11.2. The van der Waals surface area contributed by atoms with Crippen molar-refractivity contribution < 1.29 is 4.79 Å². The van der Waals surface area contributed by atoms with E-state index in [0.29, 0.717) is 10.1 Å². The highest BCUT2D eigenvalue weighted by molar-refractivity contribution is 9.10. The number of carbonyl (C=O) groups is 1. The Kier molecular flexibility index (Phi) is 5.71. The number of nitrogens with zero attached hydrogens (tertiary/aromatic N) is 2. The van der Waals surface area contributed by atoms with Gasteiger partial charge in [-0.3, -0.25) is 4.79 Å². The average molecular weight is 480 g/mol. The quantitative estimate of drug-likeness (QED) is 0.443. The van der Waals surface area contributed by atoms with E-state index in [-0.39, 0.29) is 5.91 Å². The van der Waals surface area contributed by atoms with Crippen molar-refractivity contribution in [2.45, 2.75) is 27.7 Å². The second-order valence-electron chi connectivity index (χ2n) is 7.37. The normalized spacial score (nSPS) is 16.5. The van der Waals surface area contributed by atoms with Gasteiger partial charge in [0.25, 0.3) is 5.91 Å². The summed E-state index contributed by atoms with van der Waals surface area (Å²) in [6.45, 7) is 8.23. The molecule has 1 amide bonds. The predicted molar refractivity (Wildman–Crippen MR) is 130 cm³/mol. The van der Waals surface area contributed by atoms with Crippen LogP contribution in [0.1, 0.15) is 28.1 Å². The van der Waals surface area contributed by atoms with E-state index in [4.69, 9.17) is 0 Å². The number of aliphatic imine (C=N–C) groups is 1. The van der Waals surface area contributed by atoms with Gasteiger partial charge in [0.1, 0.15) is 0 Å². The van der Waals surface area contributed by atoms with Crippen molar-refractivity contribution in [3.8, 4) is 5.69 Å². The van der Waals surface area contributed by atoms with Crippen molar-refractivity contribution in [2.24, 2.45) is 4.99 Å². The molecule has 0 atom stereocenters. The fourth-order valence-corrected chi connectivity index (χ4v) is 4.70. The van der Waals surface area contributed by atoms with Gasteiger partial charge in [-0.1, -0.05) is 34.1 Å². The number of aromatic nitrogens is 1. The summed E-state index contributed by atoms with van der Waals surface area (Å²) in [7, 11) is 0. The molecular weight excluding hydrogens is 458 g/mol. The van der Waals surface area contributed by atoms with E-state index < -0.39 is 0 Å². The molecule has 0 saturated carbocycles. The van der Waals surface area contributed by atoms with Crippen molar-refractivity contribution in [3.63, 3.8) is 0 Å². The second-order valence-corrected chi connectivity index (χ2v) is 9.20. The summed E-state index contributed by atoms with van der Waals surface area (Å²) in [5, 5.41) is 3.49. The summed E-state index contributed by atoms with van der Waals surface area (Å²) in [6, 6.07) is 16.4. The molecule has 4 rings (SSSR count). The lowest BCUT2D eigenvalue weighted by Crippen LogP contribution is -2.19. The first-order chi connectivity index (χ1) is 14.3. The highest BCUT2D eigenvalue weighted by atomic mass is 79.9. The largest absolute Gasteiger partial charge is 0.318 e. The molecule has 0 spiro atoms. The summed E-state index contributed by atoms with van der Waals surface area (Å²) in [6.07, 6.45) is 1.95. The number of hydrogen-bond donors (Lipinski definition) is 1. The van der Waals surface area contributed by atoms with Crippen LogP contribution < -0.4 is 5.32 Å². The number of benzene rings is 2. The fourth-order valence-electron chi connectivity index (χ4n) is 3.63. The summed E-state index contributed by atoms with van der Waals surface area (Å²) in [5.41, 5.74) is 7.45. The third-order valence-electron chi connectivity index (χ3n) is 5.07. The van der Waals surface area contributed by atoms with Crippen LogP contribution in [0.4, 0.5) is 5.69 Å². The summed E-state index contributed by atoms with van der Waals surface area (Å²) >= 11 is 4.95. The SMILES string of the molecule is Cc1cc(N=C2NC(=O)/C(=C\c3cc(C)n(-c4ccccc4)c3C)S2)cc(C)c1Br. The van der Waals surface area contributed by atoms with Gasteiger partial charge in [0.05, 0.1) is 10.6 Å². The number of nitrogens with one attached hydrogen (secondary N) is 1. The molecule has 30 heavy (non-hydrogen) atoms. The van der Waals surface area contributed by atoms with Crippen molar-refractivity contribution in [3.05, 3.63) is 86.0 Å². The molecule has 6 heteroatoms. The van der Waals surface area contributed by atoms with E-state index in [2.05, 4.69) is 62.9 Å². The van der Waals surface area contributed by atoms with Gasteiger partial charge in [-0.15, -0.1) is 0 Å². The summed E-state index contributed by atoms with van der Waals surface area (Å²) < 4.78 is 3.29. The van der Waals surface area contributed by atoms with Crippen LogP contribution in [0.2, 0.25) is 0 Å². The molecule has 0 radical (unpaired) electrons. The van der Waals surface area contributed by atoms with Gasteiger partial charge in [-0.25, -0.2) is 4.99 Å². The molecule has 1 saturated heterocycles. The van der Waals surface area contributed by atoms with Crippen LogP contribution in [0, 0.1) is 27.7 Å². The second kappa shape index (κ2) is 8.28. The molecule has 3 aromatic rings. The highest BCUT2D eigenvalue weighted by Crippen LogP contribution is 2.32. The molecule has 1 aliphatic rings. The summed E-state index contributed by atoms with van der Waals surface area (Å²) in [4.78, 5) is 17.8. The maximum atomic E-state index is 12.5. The van der Waals surface area contributed by atoms with Gasteiger partial charge in [0.2, 0.25) is 0 Å². The number of aryl methyl sites for hydroxylation is 3. The number of hydrogen-bond acceptors (Lipinski definition) is 3. The lowest BCUT2D eigenvalue weighted by Gasteiger charge is -2.09. The zero-order valence-electron chi connectivity index (χ0n) is 17.3. The van der Waals surface area contributed by atoms with E-state index >= 15 is 0 Å². The van der Waals surface area contributed by atoms with Crippen LogP contribution in [-0.4, -0.2) is 15.6 Å². The minimum Gasteiger partial charge on any atom is -0.318 e. The van der Waals surface area contributed by atoms with Gasteiger partial charge in [-0.2, -0.15) is 0 Å². The van der Waals surface area contributed by atoms with Gasteiger partial charge in [-0.05, 0) is 92.6 Å². The van der Waals surface area contributed by atoms with Gasteiger partial charge in [0, 0.05) is 21.5 Å². The molecule has 0 bridgehead atoms. The Labute approximate surface area is 189 Å².